The van der Waals surface area contributed by atoms with Crippen molar-refractivity contribution in [1.29, 1.82) is 0 Å². The van der Waals surface area contributed by atoms with E-state index in [0.717, 1.165) is 6.08 Å². The predicted octanol–water partition coefficient (Wildman–Crippen LogP) is 0.658. The molecule has 0 bridgehead atoms. The molecule has 0 radical (unpaired) electrons. The predicted molar refractivity (Wildman–Crippen MR) is 34.6 cm³/mol. The fraction of sp³-hybridized carbons (Fsp3) is 0.250. The van der Waals surface area contributed by atoms with Crippen LogP contribution in [0.1, 0.15) is 6.92 Å². The standard InChI is InChI=1S/C4H5ClO3S/c1-2-3-4(6)9(5,7)8/h2-3H,1H3. The summed E-state index contributed by atoms with van der Waals surface area (Å²) < 4.78 is 20.2. The molecule has 0 unspecified atom stereocenters. The molecule has 0 saturated carbocycles. The maximum Gasteiger partial charge on any atom is 0.299 e. The number of carbonyl (C=O) groups excluding carboxylic acids is 1. The minimum absolute atomic E-state index is 0.891. The van der Waals surface area contributed by atoms with E-state index in [1.54, 1.807) is 0 Å². The van der Waals surface area contributed by atoms with Gasteiger partial charge in [-0.25, -0.2) is 8.42 Å². The highest BCUT2D eigenvalue weighted by molar-refractivity contribution is 8.25. The van der Waals surface area contributed by atoms with Crippen molar-refractivity contribution in [3.63, 3.8) is 0 Å². The van der Waals surface area contributed by atoms with Crippen LogP contribution in [0, 0.1) is 0 Å². The van der Waals surface area contributed by atoms with Gasteiger partial charge in [0.2, 0.25) is 0 Å². The van der Waals surface area contributed by atoms with Crippen LogP contribution >= 0.6 is 10.7 Å². The number of hydrogen-bond donors (Lipinski definition) is 0. The number of halogens is 1. The lowest BCUT2D eigenvalue weighted by Crippen LogP contribution is -2.02. The minimum Gasteiger partial charge on any atom is -0.275 e. The monoisotopic (exact) mass is 168 g/mol. The van der Waals surface area contributed by atoms with Crippen LogP contribution in [-0.4, -0.2) is 13.5 Å². The normalized spacial score (nSPS) is 12.2. The molecule has 0 N–H and O–H groups in total. The van der Waals surface area contributed by atoms with Crippen LogP contribution in [0.4, 0.5) is 0 Å². The highest BCUT2D eigenvalue weighted by Crippen LogP contribution is 1.98. The number of carbonyl (C=O) groups is 1. The van der Waals surface area contributed by atoms with Crippen LogP contribution in [0.5, 0.6) is 0 Å². The summed E-state index contributed by atoms with van der Waals surface area (Å²) in [5.74, 6) is 0. The van der Waals surface area contributed by atoms with E-state index in [2.05, 4.69) is 10.7 Å². The van der Waals surface area contributed by atoms with Crippen molar-refractivity contribution < 1.29 is 13.2 Å². The molecule has 0 aromatic rings. The minimum atomic E-state index is -4.02. The molecule has 0 fully saturated rings. The van der Waals surface area contributed by atoms with Crippen LogP contribution in [0.3, 0.4) is 0 Å². The Morgan fingerprint density at radius 3 is 2.11 bits per heavy atom. The second-order valence-electron chi connectivity index (χ2n) is 1.26. The van der Waals surface area contributed by atoms with Crippen LogP contribution in [-0.2, 0) is 13.8 Å². The lowest BCUT2D eigenvalue weighted by Gasteiger charge is -1.81. The number of allylic oxidation sites excluding steroid dienone is 1. The van der Waals surface area contributed by atoms with Crippen molar-refractivity contribution >= 4 is 24.8 Å². The molecule has 9 heavy (non-hydrogen) atoms. The van der Waals surface area contributed by atoms with Gasteiger partial charge in [0.25, 0.3) is 14.2 Å². The average Bonchev–Trinajstić information content (AvgIpc) is 1.64. The van der Waals surface area contributed by atoms with Crippen LogP contribution in [0.25, 0.3) is 0 Å². The summed E-state index contributed by atoms with van der Waals surface area (Å²) in [7, 11) is 0.615. The summed E-state index contributed by atoms with van der Waals surface area (Å²) >= 11 is 0. The van der Waals surface area contributed by atoms with Crippen molar-refractivity contribution in [3.8, 4) is 0 Å². The summed E-state index contributed by atoms with van der Waals surface area (Å²) in [4.78, 5) is 10.3. The van der Waals surface area contributed by atoms with E-state index in [1.165, 1.54) is 13.0 Å². The summed E-state index contributed by atoms with van der Waals surface area (Å²) in [5, 5.41) is -1.08. The second kappa shape index (κ2) is 2.98. The summed E-state index contributed by atoms with van der Waals surface area (Å²) in [5.41, 5.74) is 0. The molecule has 5 heteroatoms. The molecule has 0 aromatic carbocycles. The third-order valence-corrected chi connectivity index (χ3v) is 1.62. The maximum absolute atomic E-state index is 10.3. The van der Waals surface area contributed by atoms with Gasteiger partial charge in [-0.05, 0) is 13.0 Å². The lowest BCUT2D eigenvalue weighted by molar-refractivity contribution is -0.107. The molecule has 0 heterocycles. The average molecular weight is 169 g/mol. The zero-order chi connectivity index (χ0) is 7.49. The largest absolute Gasteiger partial charge is 0.299 e. The molecular weight excluding hydrogens is 164 g/mol. The van der Waals surface area contributed by atoms with Gasteiger partial charge in [-0.15, -0.1) is 0 Å². The molecule has 0 amide bonds. The molecule has 0 saturated heterocycles. The van der Waals surface area contributed by atoms with Gasteiger partial charge in [0.05, 0.1) is 0 Å². The van der Waals surface area contributed by atoms with E-state index < -0.39 is 14.2 Å². The third-order valence-electron chi connectivity index (χ3n) is 0.543. The molecule has 0 aliphatic heterocycles. The second-order valence-corrected chi connectivity index (χ2v) is 3.75. The van der Waals surface area contributed by atoms with Gasteiger partial charge in [0.1, 0.15) is 0 Å². The Morgan fingerprint density at radius 1 is 1.56 bits per heavy atom. The zero-order valence-electron chi connectivity index (χ0n) is 4.67. The fourth-order valence-electron chi connectivity index (χ4n) is 0.217. The van der Waals surface area contributed by atoms with Gasteiger partial charge >= 0.3 is 0 Å². The first-order chi connectivity index (χ1) is 3.98. The molecule has 0 aromatic heterocycles. The van der Waals surface area contributed by atoms with Crippen molar-refractivity contribution in [2.45, 2.75) is 6.92 Å². The van der Waals surface area contributed by atoms with Gasteiger partial charge in [-0.2, -0.15) is 0 Å². The van der Waals surface area contributed by atoms with Crippen molar-refractivity contribution in [1.82, 2.24) is 0 Å². The Kier molecular flexibility index (Phi) is 2.87. The number of rotatable bonds is 1. The van der Waals surface area contributed by atoms with Gasteiger partial charge in [0.15, 0.2) is 0 Å². The Morgan fingerprint density at radius 2 is 2.00 bits per heavy atom. The van der Waals surface area contributed by atoms with Gasteiger partial charge in [0, 0.05) is 10.7 Å². The topological polar surface area (TPSA) is 51.2 Å². The highest BCUT2D eigenvalue weighted by Gasteiger charge is 2.13. The Balaban J connectivity index is 4.45. The molecule has 0 rings (SSSR count). The molecule has 3 nitrogen and oxygen atoms in total. The quantitative estimate of drug-likeness (QED) is 0.427. The SMILES string of the molecule is CC=CC(=O)S(=O)(=O)Cl. The van der Waals surface area contributed by atoms with Crippen LogP contribution < -0.4 is 0 Å². The van der Waals surface area contributed by atoms with Crippen LogP contribution in [0.15, 0.2) is 12.2 Å². The molecular formula is C4H5ClO3S. The Bertz CT molecular complexity index is 226. The van der Waals surface area contributed by atoms with Gasteiger partial charge in [-0.3, -0.25) is 4.79 Å². The van der Waals surface area contributed by atoms with E-state index in [-0.39, 0.29) is 0 Å². The first-order valence-electron chi connectivity index (χ1n) is 2.10. The third kappa shape index (κ3) is 3.26. The Labute approximate surface area is 57.7 Å². The van der Waals surface area contributed by atoms with E-state index in [4.69, 9.17) is 0 Å². The summed E-state index contributed by atoms with van der Waals surface area (Å²) in [6, 6.07) is 0. The summed E-state index contributed by atoms with van der Waals surface area (Å²) in [6.07, 6.45) is 2.20. The van der Waals surface area contributed by atoms with E-state index in [1.807, 2.05) is 0 Å². The van der Waals surface area contributed by atoms with Crippen molar-refractivity contribution in [2.75, 3.05) is 0 Å². The molecule has 52 valence electrons. The fourth-order valence-corrected chi connectivity index (χ4v) is 0.670. The Hall–Kier alpha value is -0.350. The number of hydrogen-bond acceptors (Lipinski definition) is 3. The summed E-state index contributed by atoms with van der Waals surface area (Å²) in [6.45, 7) is 1.53. The van der Waals surface area contributed by atoms with E-state index in [9.17, 15) is 13.2 Å². The maximum atomic E-state index is 10.3. The first-order valence-corrected chi connectivity index (χ1v) is 4.40. The lowest BCUT2D eigenvalue weighted by atomic mass is 10.6. The van der Waals surface area contributed by atoms with E-state index in [0.29, 0.717) is 0 Å². The highest BCUT2D eigenvalue weighted by atomic mass is 35.7. The smallest absolute Gasteiger partial charge is 0.275 e. The molecule has 0 atom stereocenters. The molecule has 0 spiro atoms. The molecule has 0 aliphatic carbocycles. The van der Waals surface area contributed by atoms with Gasteiger partial charge in [-0.1, -0.05) is 6.08 Å². The zero-order valence-corrected chi connectivity index (χ0v) is 6.24. The van der Waals surface area contributed by atoms with Gasteiger partial charge < -0.3 is 0 Å². The van der Waals surface area contributed by atoms with Crippen molar-refractivity contribution in [2.24, 2.45) is 0 Å². The first kappa shape index (κ1) is 8.65. The van der Waals surface area contributed by atoms with Crippen molar-refractivity contribution in [3.05, 3.63) is 12.2 Å². The van der Waals surface area contributed by atoms with Crippen LogP contribution in [0.2, 0.25) is 0 Å². The van der Waals surface area contributed by atoms with E-state index >= 15 is 0 Å². The molecule has 0 aliphatic rings.